The average Bonchev–Trinajstić information content (AvgIpc) is 2.89. The molecule has 2 aromatic heterocycles. The van der Waals surface area contributed by atoms with Crippen LogP contribution in [0.3, 0.4) is 0 Å². The Kier molecular flexibility index (Phi) is 3.58. The average molecular weight is 233 g/mol. The molecule has 0 saturated carbocycles. The summed E-state index contributed by atoms with van der Waals surface area (Å²) < 4.78 is 2.32. The van der Waals surface area contributed by atoms with E-state index in [0.29, 0.717) is 0 Å². The molecule has 0 saturated heterocycles. The molecule has 2 aromatic rings. The van der Waals surface area contributed by atoms with Crippen LogP contribution in [0.25, 0.3) is 0 Å². The van der Waals surface area contributed by atoms with Gasteiger partial charge >= 0.3 is 0 Å². The molecule has 0 bridgehead atoms. The maximum atomic E-state index is 4.07. The smallest absolute Gasteiger partial charge is 0.138 e. The molecule has 17 heavy (non-hydrogen) atoms. The van der Waals surface area contributed by atoms with Gasteiger partial charge in [0.1, 0.15) is 12.2 Å². The molecule has 0 aliphatic rings. The number of rotatable bonds is 5. The van der Waals surface area contributed by atoms with Crippen LogP contribution in [-0.4, -0.2) is 19.7 Å². The Hall–Kier alpha value is -1.62. The first kappa shape index (κ1) is 11.9. The fourth-order valence-electron chi connectivity index (χ4n) is 2.17. The normalized spacial score (nSPS) is 11.0. The Morgan fingerprint density at radius 2 is 2.18 bits per heavy atom. The summed E-state index contributed by atoms with van der Waals surface area (Å²) in [4.78, 5) is 4.07. The largest absolute Gasteiger partial charge is 0.349 e. The standard InChI is InChI=1S/C12H19N5/c1-4-17-9(2)5-11(10(17)3)6-13-7-12-14-8-15-16-12/h5,8,13H,4,6-7H2,1-3H3,(H,14,15,16). The van der Waals surface area contributed by atoms with Gasteiger partial charge in [-0.25, -0.2) is 4.98 Å². The summed E-state index contributed by atoms with van der Waals surface area (Å²) >= 11 is 0. The van der Waals surface area contributed by atoms with E-state index in [1.165, 1.54) is 23.3 Å². The van der Waals surface area contributed by atoms with Crippen molar-refractivity contribution in [3.63, 3.8) is 0 Å². The second-order valence-electron chi connectivity index (χ2n) is 4.18. The predicted molar refractivity (Wildman–Crippen MR) is 66.5 cm³/mol. The highest BCUT2D eigenvalue weighted by molar-refractivity contribution is 5.26. The van der Waals surface area contributed by atoms with Gasteiger partial charge < -0.3 is 9.88 Å². The Labute approximate surface area is 101 Å². The summed E-state index contributed by atoms with van der Waals surface area (Å²) in [6, 6.07) is 2.24. The van der Waals surface area contributed by atoms with Gasteiger partial charge in [-0.15, -0.1) is 0 Å². The molecular formula is C12H19N5. The van der Waals surface area contributed by atoms with Crippen LogP contribution < -0.4 is 5.32 Å². The zero-order valence-corrected chi connectivity index (χ0v) is 10.6. The molecule has 0 aliphatic heterocycles. The minimum absolute atomic E-state index is 0.718. The van der Waals surface area contributed by atoms with Gasteiger partial charge in [0.2, 0.25) is 0 Å². The monoisotopic (exact) mass is 233 g/mol. The van der Waals surface area contributed by atoms with E-state index >= 15 is 0 Å². The molecule has 2 rings (SSSR count). The molecule has 0 amide bonds. The zero-order chi connectivity index (χ0) is 12.3. The van der Waals surface area contributed by atoms with Crippen molar-refractivity contribution in [3.05, 3.63) is 35.2 Å². The molecule has 0 aromatic carbocycles. The molecule has 0 radical (unpaired) electrons. The van der Waals surface area contributed by atoms with Gasteiger partial charge in [-0.2, -0.15) is 5.10 Å². The molecule has 0 unspecified atom stereocenters. The minimum atomic E-state index is 0.718. The van der Waals surface area contributed by atoms with Crippen molar-refractivity contribution in [1.29, 1.82) is 0 Å². The molecule has 2 N–H and O–H groups in total. The minimum Gasteiger partial charge on any atom is -0.349 e. The van der Waals surface area contributed by atoms with Gasteiger partial charge in [0.05, 0.1) is 6.54 Å². The van der Waals surface area contributed by atoms with Gasteiger partial charge in [0.25, 0.3) is 0 Å². The Morgan fingerprint density at radius 1 is 1.35 bits per heavy atom. The van der Waals surface area contributed by atoms with E-state index in [0.717, 1.165) is 25.5 Å². The number of aromatic nitrogens is 4. The van der Waals surface area contributed by atoms with Crippen molar-refractivity contribution in [2.45, 2.75) is 40.4 Å². The summed E-state index contributed by atoms with van der Waals surface area (Å²) in [5, 5.41) is 10.0. The second kappa shape index (κ2) is 5.14. The fraction of sp³-hybridized carbons (Fsp3) is 0.500. The first-order valence-electron chi connectivity index (χ1n) is 5.93. The lowest BCUT2D eigenvalue weighted by molar-refractivity contribution is 0.655. The topological polar surface area (TPSA) is 58.5 Å². The lowest BCUT2D eigenvalue weighted by atomic mass is 10.2. The van der Waals surface area contributed by atoms with Gasteiger partial charge in [0, 0.05) is 24.5 Å². The van der Waals surface area contributed by atoms with Crippen LogP contribution in [-0.2, 0) is 19.6 Å². The van der Waals surface area contributed by atoms with E-state index in [4.69, 9.17) is 0 Å². The number of hydrogen-bond donors (Lipinski definition) is 2. The van der Waals surface area contributed by atoms with Gasteiger partial charge in [0.15, 0.2) is 0 Å². The Bertz CT molecular complexity index is 469. The summed E-state index contributed by atoms with van der Waals surface area (Å²) in [6.07, 6.45) is 1.53. The molecule has 0 aliphatic carbocycles. The van der Waals surface area contributed by atoms with E-state index < -0.39 is 0 Å². The van der Waals surface area contributed by atoms with Crippen molar-refractivity contribution in [2.75, 3.05) is 0 Å². The van der Waals surface area contributed by atoms with Crippen LogP contribution in [0.5, 0.6) is 0 Å². The number of aromatic amines is 1. The third-order valence-corrected chi connectivity index (χ3v) is 3.07. The highest BCUT2D eigenvalue weighted by Gasteiger charge is 2.07. The van der Waals surface area contributed by atoms with Gasteiger partial charge in [-0.3, -0.25) is 5.10 Å². The molecule has 5 nitrogen and oxygen atoms in total. The van der Waals surface area contributed by atoms with Crippen molar-refractivity contribution in [1.82, 2.24) is 25.1 Å². The van der Waals surface area contributed by atoms with Crippen LogP contribution >= 0.6 is 0 Å². The van der Waals surface area contributed by atoms with Crippen molar-refractivity contribution < 1.29 is 0 Å². The number of hydrogen-bond acceptors (Lipinski definition) is 3. The fourth-order valence-corrected chi connectivity index (χ4v) is 2.17. The predicted octanol–water partition coefficient (Wildman–Crippen LogP) is 1.53. The highest BCUT2D eigenvalue weighted by atomic mass is 15.2. The summed E-state index contributed by atoms with van der Waals surface area (Å²) in [6.45, 7) is 9.10. The van der Waals surface area contributed by atoms with Crippen LogP contribution in [0.15, 0.2) is 12.4 Å². The lowest BCUT2D eigenvalue weighted by Crippen LogP contribution is -2.14. The van der Waals surface area contributed by atoms with E-state index in [-0.39, 0.29) is 0 Å². The summed E-state index contributed by atoms with van der Waals surface area (Å²) in [5.41, 5.74) is 4.01. The molecule has 0 atom stereocenters. The van der Waals surface area contributed by atoms with Crippen LogP contribution in [0.4, 0.5) is 0 Å². The summed E-state index contributed by atoms with van der Waals surface area (Å²) in [5.74, 6) is 0.870. The maximum absolute atomic E-state index is 4.07. The third kappa shape index (κ3) is 2.55. The number of nitrogens with one attached hydrogen (secondary N) is 2. The van der Waals surface area contributed by atoms with Gasteiger partial charge in [-0.1, -0.05) is 0 Å². The molecule has 92 valence electrons. The second-order valence-corrected chi connectivity index (χ2v) is 4.18. The Morgan fingerprint density at radius 3 is 2.76 bits per heavy atom. The van der Waals surface area contributed by atoms with Crippen molar-refractivity contribution in [3.8, 4) is 0 Å². The highest BCUT2D eigenvalue weighted by Crippen LogP contribution is 2.14. The van der Waals surface area contributed by atoms with E-state index in [1.807, 2.05) is 0 Å². The number of nitrogens with zero attached hydrogens (tertiary/aromatic N) is 3. The molecular weight excluding hydrogens is 214 g/mol. The molecule has 2 heterocycles. The SMILES string of the molecule is CCn1c(C)cc(CNCc2ncn[nH]2)c1C. The van der Waals surface area contributed by atoms with E-state index in [9.17, 15) is 0 Å². The van der Waals surface area contributed by atoms with Crippen LogP contribution in [0.2, 0.25) is 0 Å². The molecule has 5 heteroatoms. The van der Waals surface area contributed by atoms with Crippen molar-refractivity contribution in [2.24, 2.45) is 0 Å². The van der Waals surface area contributed by atoms with Crippen molar-refractivity contribution >= 4 is 0 Å². The van der Waals surface area contributed by atoms with Crippen LogP contribution in [0.1, 0.15) is 29.7 Å². The zero-order valence-electron chi connectivity index (χ0n) is 10.6. The molecule has 0 spiro atoms. The van der Waals surface area contributed by atoms with E-state index in [2.05, 4.69) is 51.9 Å². The Balaban J connectivity index is 1.95. The number of aryl methyl sites for hydroxylation is 1. The molecule has 0 fully saturated rings. The van der Waals surface area contributed by atoms with Crippen LogP contribution in [0, 0.1) is 13.8 Å². The first-order chi connectivity index (χ1) is 8.22. The van der Waals surface area contributed by atoms with E-state index in [1.54, 1.807) is 0 Å². The summed E-state index contributed by atoms with van der Waals surface area (Å²) in [7, 11) is 0. The lowest BCUT2D eigenvalue weighted by Gasteiger charge is -2.06. The third-order valence-electron chi connectivity index (χ3n) is 3.07. The van der Waals surface area contributed by atoms with Gasteiger partial charge in [-0.05, 0) is 32.4 Å². The quantitative estimate of drug-likeness (QED) is 0.823. The first-order valence-corrected chi connectivity index (χ1v) is 5.93. The number of H-pyrrole nitrogens is 1. The maximum Gasteiger partial charge on any atom is 0.138 e.